The first-order valence-electron chi connectivity index (χ1n) is 6.85. The van der Waals surface area contributed by atoms with Gasteiger partial charge in [0.2, 0.25) is 5.91 Å². The third-order valence-corrected chi connectivity index (χ3v) is 4.60. The summed E-state index contributed by atoms with van der Waals surface area (Å²) in [6.07, 6.45) is 1.70. The molecule has 1 fully saturated rings. The number of nitrogens with zero attached hydrogens (tertiary/aromatic N) is 3. The van der Waals surface area contributed by atoms with Crippen molar-refractivity contribution in [1.82, 2.24) is 15.1 Å². The van der Waals surface area contributed by atoms with Gasteiger partial charge < -0.3 is 15.1 Å². The zero-order chi connectivity index (χ0) is 14.3. The highest BCUT2D eigenvalue weighted by Crippen LogP contribution is 2.20. The van der Waals surface area contributed by atoms with Crippen LogP contribution in [0.15, 0.2) is 4.99 Å². The van der Waals surface area contributed by atoms with E-state index in [-0.39, 0.29) is 5.91 Å². The van der Waals surface area contributed by atoms with Crippen LogP contribution in [0.5, 0.6) is 0 Å². The van der Waals surface area contributed by atoms with Crippen molar-refractivity contribution >= 4 is 23.6 Å². The summed E-state index contributed by atoms with van der Waals surface area (Å²) in [5.74, 6) is 2.21. The minimum absolute atomic E-state index is 0.142. The van der Waals surface area contributed by atoms with Crippen molar-refractivity contribution in [2.75, 3.05) is 46.5 Å². The van der Waals surface area contributed by atoms with Crippen molar-refractivity contribution in [1.29, 1.82) is 0 Å². The molecular formula is C13H26N4OS. The van der Waals surface area contributed by atoms with Crippen LogP contribution >= 0.6 is 11.8 Å². The van der Waals surface area contributed by atoms with Gasteiger partial charge in [0, 0.05) is 58.2 Å². The zero-order valence-corrected chi connectivity index (χ0v) is 13.3. The van der Waals surface area contributed by atoms with Gasteiger partial charge in [0.1, 0.15) is 0 Å². The van der Waals surface area contributed by atoms with Gasteiger partial charge in [0.15, 0.2) is 5.96 Å². The number of guanidine groups is 1. The predicted molar refractivity (Wildman–Crippen MR) is 82.8 cm³/mol. The zero-order valence-electron chi connectivity index (χ0n) is 12.5. The molecule has 1 unspecified atom stereocenters. The average Bonchev–Trinajstić information content (AvgIpc) is 2.43. The first kappa shape index (κ1) is 16.1. The smallest absolute Gasteiger partial charge is 0.223 e. The van der Waals surface area contributed by atoms with Gasteiger partial charge >= 0.3 is 0 Å². The summed E-state index contributed by atoms with van der Waals surface area (Å²) in [7, 11) is 5.37. The normalized spacial score (nSPS) is 20.3. The minimum Gasteiger partial charge on any atom is -0.356 e. The van der Waals surface area contributed by atoms with Gasteiger partial charge in [-0.05, 0) is 6.42 Å². The largest absolute Gasteiger partial charge is 0.356 e. The number of aliphatic imine (C=N–C) groups is 1. The first-order valence-corrected chi connectivity index (χ1v) is 7.90. The lowest BCUT2D eigenvalue weighted by molar-refractivity contribution is -0.128. The van der Waals surface area contributed by atoms with Crippen LogP contribution in [0.2, 0.25) is 0 Å². The second-order valence-electron chi connectivity index (χ2n) is 4.86. The van der Waals surface area contributed by atoms with Crippen LogP contribution in [-0.2, 0) is 4.79 Å². The van der Waals surface area contributed by atoms with Crippen molar-refractivity contribution in [3.8, 4) is 0 Å². The van der Waals surface area contributed by atoms with Crippen LogP contribution in [0.4, 0.5) is 0 Å². The van der Waals surface area contributed by atoms with Gasteiger partial charge in [0.05, 0.1) is 0 Å². The van der Waals surface area contributed by atoms with E-state index in [1.165, 1.54) is 6.42 Å². The third-order valence-electron chi connectivity index (χ3n) is 3.23. The number of amides is 1. The summed E-state index contributed by atoms with van der Waals surface area (Å²) in [4.78, 5) is 19.8. The molecule has 0 aromatic carbocycles. The van der Waals surface area contributed by atoms with E-state index in [2.05, 4.69) is 22.1 Å². The molecule has 0 spiro atoms. The molecule has 5 nitrogen and oxygen atoms in total. The Kier molecular flexibility index (Phi) is 7.05. The van der Waals surface area contributed by atoms with E-state index in [1.807, 2.05) is 11.8 Å². The molecule has 1 aliphatic rings. The fourth-order valence-corrected chi connectivity index (χ4v) is 3.18. The molecule has 0 aromatic rings. The summed E-state index contributed by atoms with van der Waals surface area (Å²) in [5, 5.41) is 3.98. The Balaban J connectivity index is 2.39. The van der Waals surface area contributed by atoms with Gasteiger partial charge in [-0.15, -0.1) is 0 Å². The number of thioether (sulfide) groups is 1. The molecule has 0 radical (unpaired) electrons. The molecule has 1 aliphatic heterocycles. The van der Waals surface area contributed by atoms with Crippen molar-refractivity contribution < 1.29 is 4.79 Å². The molecule has 0 aliphatic carbocycles. The fourth-order valence-electron chi connectivity index (χ4n) is 2.00. The Morgan fingerprint density at radius 3 is 2.84 bits per heavy atom. The van der Waals surface area contributed by atoms with Crippen LogP contribution in [0.3, 0.4) is 0 Å². The van der Waals surface area contributed by atoms with Gasteiger partial charge in [-0.25, -0.2) is 0 Å². The third kappa shape index (κ3) is 5.30. The molecule has 1 N–H and O–H groups in total. The van der Waals surface area contributed by atoms with E-state index in [9.17, 15) is 4.79 Å². The number of hydrogen-bond donors (Lipinski definition) is 1. The Labute approximate surface area is 120 Å². The fraction of sp³-hybridized carbons (Fsp3) is 0.846. The second-order valence-corrected chi connectivity index (χ2v) is 6.27. The molecule has 1 amide bonds. The molecule has 1 heterocycles. The Morgan fingerprint density at radius 1 is 1.53 bits per heavy atom. The maximum Gasteiger partial charge on any atom is 0.223 e. The first-order chi connectivity index (χ1) is 9.08. The highest BCUT2D eigenvalue weighted by Gasteiger charge is 2.21. The van der Waals surface area contributed by atoms with Crippen molar-refractivity contribution in [2.45, 2.75) is 25.0 Å². The molecule has 1 atom stereocenters. The molecule has 0 aromatic heterocycles. The highest BCUT2D eigenvalue weighted by molar-refractivity contribution is 8.00. The Bertz CT molecular complexity index is 320. The van der Waals surface area contributed by atoms with Crippen molar-refractivity contribution in [2.24, 2.45) is 4.99 Å². The van der Waals surface area contributed by atoms with Crippen molar-refractivity contribution in [3.63, 3.8) is 0 Å². The highest BCUT2D eigenvalue weighted by atomic mass is 32.2. The molecule has 110 valence electrons. The second kappa shape index (κ2) is 8.30. The van der Waals surface area contributed by atoms with Crippen LogP contribution < -0.4 is 5.32 Å². The summed E-state index contributed by atoms with van der Waals surface area (Å²) < 4.78 is 0. The monoisotopic (exact) mass is 286 g/mol. The molecule has 6 heteroatoms. The quantitative estimate of drug-likeness (QED) is 0.615. The number of carbonyl (C=O) groups is 1. The van der Waals surface area contributed by atoms with E-state index in [4.69, 9.17) is 0 Å². The lowest BCUT2D eigenvalue weighted by Crippen LogP contribution is -2.48. The van der Waals surface area contributed by atoms with Crippen molar-refractivity contribution in [3.05, 3.63) is 0 Å². The molecule has 0 bridgehead atoms. The van der Waals surface area contributed by atoms with E-state index in [0.29, 0.717) is 18.2 Å². The Morgan fingerprint density at radius 2 is 2.26 bits per heavy atom. The summed E-state index contributed by atoms with van der Waals surface area (Å²) >= 11 is 2.04. The van der Waals surface area contributed by atoms with E-state index in [0.717, 1.165) is 24.8 Å². The number of hydrogen-bond acceptors (Lipinski definition) is 3. The van der Waals surface area contributed by atoms with E-state index in [1.54, 1.807) is 26.0 Å². The summed E-state index contributed by atoms with van der Waals surface area (Å²) in [5.41, 5.74) is 0. The maximum atomic E-state index is 11.5. The Hall–Kier alpha value is -0.910. The van der Waals surface area contributed by atoms with Crippen LogP contribution in [0.1, 0.15) is 19.8 Å². The van der Waals surface area contributed by atoms with Gasteiger partial charge in [-0.1, -0.05) is 6.92 Å². The van der Waals surface area contributed by atoms with Gasteiger partial charge in [0.25, 0.3) is 0 Å². The summed E-state index contributed by atoms with van der Waals surface area (Å²) in [6, 6.07) is 0. The topological polar surface area (TPSA) is 47.9 Å². The lowest BCUT2D eigenvalue weighted by Gasteiger charge is -2.34. The maximum absolute atomic E-state index is 11.5. The lowest BCUT2D eigenvalue weighted by atomic mass is 10.3. The average molecular weight is 286 g/mol. The van der Waals surface area contributed by atoms with Crippen LogP contribution in [-0.4, -0.2) is 73.4 Å². The van der Waals surface area contributed by atoms with E-state index >= 15 is 0 Å². The molecule has 19 heavy (non-hydrogen) atoms. The number of nitrogens with one attached hydrogen (secondary N) is 1. The molecule has 1 saturated heterocycles. The minimum atomic E-state index is 0.142. The summed E-state index contributed by atoms with van der Waals surface area (Å²) in [6.45, 7) is 4.95. The standard InChI is InChI=1S/C13H26N4OS/c1-5-11-10-17(8-9-19-11)13(14-2)15-7-6-12(18)16(3)4/h11H,5-10H2,1-4H3,(H,14,15). The number of rotatable bonds is 4. The van der Waals surface area contributed by atoms with Gasteiger partial charge in [-0.3, -0.25) is 9.79 Å². The van der Waals surface area contributed by atoms with E-state index < -0.39 is 0 Å². The molecular weight excluding hydrogens is 260 g/mol. The number of carbonyl (C=O) groups excluding carboxylic acids is 1. The predicted octanol–water partition coefficient (Wildman–Crippen LogP) is 0.868. The molecule has 0 saturated carbocycles. The SMILES string of the molecule is CCC1CN(C(=NC)NCCC(=O)N(C)C)CCS1. The van der Waals surface area contributed by atoms with Crippen LogP contribution in [0, 0.1) is 0 Å². The van der Waals surface area contributed by atoms with Gasteiger partial charge in [-0.2, -0.15) is 11.8 Å². The molecule has 1 rings (SSSR count). The van der Waals surface area contributed by atoms with Crippen LogP contribution in [0.25, 0.3) is 0 Å².